The van der Waals surface area contributed by atoms with Gasteiger partial charge in [0.15, 0.2) is 6.61 Å². The van der Waals surface area contributed by atoms with Crippen LogP contribution in [0.5, 0.6) is 11.5 Å². The Kier molecular flexibility index (Phi) is 5.37. The van der Waals surface area contributed by atoms with Crippen LogP contribution in [-0.2, 0) is 11.0 Å². The van der Waals surface area contributed by atoms with Crippen molar-refractivity contribution >= 4 is 22.4 Å². The van der Waals surface area contributed by atoms with Gasteiger partial charge in [0.05, 0.1) is 6.61 Å². The lowest BCUT2D eigenvalue weighted by molar-refractivity contribution is -0.138. The average Bonchev–Trinajstić information content (AvgIpc) is 2.95. The zero-order valence-corrected chi connectivity index (χ0v) is 12.7. The summed E-state index contributed by atoms with van der Waals surface area (Å²) in [7, 11) is 0. The van der Waals surface area contributed by atoms with Gasteiger partial charge in [-0.1, -0.05) is 11.3 Å². The molecule has 1 heterocycles. The van der Waals surface area contributed by atoms with E-state index >= 15 is 0 Å². The minimum Gasteiger partial charge on any atom is -0.494 e. The van der Waals surface area contributed by atoms with E-state index in [1.165, 1.54) is 0 Å². The van der Waals surface area contributed by atoms with Crippen LogP contribution in [0.4, 0.5) is 18.3 Å². The van der Waals surface area contributed by atoms with E-state index in [0.29, 0.717) is 18.1 Å². The smallest absolute Gasteiger partial charge is 0.445 e. The summed E-state index contributed by atoms with van der Waals surface area (Å²) in [5, 5.41) is 7.04. The lowest BCUT2D eigenvalue weighted by Crippen LogP contribution is -2.20. The summed E-state index contributed by atoms with van der Waals surface area (Å²) in [5.74, 6) is 0.457. The molecule has 1 N–H and O–H groups in total. The van der Waals surface area contributed by atoms with E-state index < -0.39 is 17.1 Å². The topological polar surface area (TPSA) is 73.3 Å². The van der Waals surface area contributed by atoms with E-state index in [-0.39, 0.29) is 23.1 Å². The van der Waals surface area contributed by atoms with Gasteiger partial charge in [0.1, 0.15) is 11.5 Å². The summed E-state index contributed by atoms with van der Waals surface area (Å²) in [6.07, 6.45) is -4.58. The van der Waals surface area contributed by atoms with Crippen LogP contribution in [0, 0.1) is 0 Å². The molecule has 2 rings (SSSR count). The van der Waals surface area contributed by atoms with Gasteiger partial charge in [0.2, 0.25) is 10.1 Å². The fourth-order valence-corrected chi connectivity index (χ4v) is 2.12. The zero-order chi connectivity index (χ0) is 16.9. The molecule has 6 nitrogen and oxygen atoms in total. The number of rotatable bonds is 6. The number of hydrogen-bond donors (Lipinski definition) is 1. The van der Waals surface area contributed by atoms with Crippen LogP contribution < -0.4 is 14.8 Å². The highest BCUT2D eigenvalue weighted by atomic mass is 32.1. The molecule has 0 atom stereocenters. The monoisotopic (exact) mass is 347 g/mol. The van der Waals surface area contributed by atoms with Crippen molar-refractivity contribution < 1.29 is 27.4 Å². The van der Waals surface area contributed by atoms with Gasteiger partial charge in [-0.2, -0.15) is 13.2 Å². The number of carbonyl (C=O) groups is 1. The van der Waals surface area contributed by atoms with Gasteiger partial charge < -0.3 is 9.47 Å². The lowest BCUT2D eigenvalue weighted by atomic mass is 10.3. The first-order chi connectivity index (χ1) is 10.9. The Balaban J connectivity index is 1.84. The summed E-state index contributed by atoms with van der Waals surface area (Å²) in [4.78, 5) is 11.6. The van der Waals surface area contributed by atoms with Gasteiger partial charge in [-0.25, -0.2) is 0 Å². The zero-order valence-electron chi connectivity index (χ0n) is 11.9. The maximum absolute atomic E-state index is 12.4. The molecule has 2 aromatic rings. The van der Waals surface area contributed by atoms with Crippen molar-refractivity contribution in [1.29, 1.82) is 0 Å². The van der Waals surface area contributed by atoms with E-state index in [9.17, 15) is 18.0 Å². The molecule has 0 bridgehead atoms. The Morgan fingerprint density at radius 2 is 1.78 bits per heavy atom. The highest BCUT2D eigenvalue weighted by molar-refractivity contribution is 7.15. The van der Waals surface area contributed by atoms with Gasteiger partial charge in [-0.15, -0.1) is 10.2 Å². The van der Waals surface area contributed by atoms with Crippen LogP contribution in [0.1, 0.15) is 11.9 Å². The maximum Gasteiger partial charge on any atom is 0.445 e. The first-order valence-electron chi connectivity index (χ1n) is 6.44. The van der Waals surface area contributed by atoms with Gasteiger partial charge in [-0.3, -0.25) is 10.1 Å². The van der Waals surface area contributed by atoms with Crippen LogP contribution in [-0.4, -0.2) is 29.3 Å². The third-order valence-electron chi connectivity index (χ3n) is 2.42. The Morgan fingerprint density at radius 1 is 1.17 bits per heavy atom. The van der Waals surface area contributed by atoms with Gasteiger partial charge in [0.25, 0.3) is 5.91 Å². The number of nitrogens with zero attached hydrogens (tertiary/aromatic N) is 2. The number of hydrogen-bond acceptors (Lipinski definition) is 6. The largest absolute Gasteiger partial charge is 0.494 e. The Morgan fingerprint density at radius 3 is 2.30 bits per heavy atom. The first-order valence-corrected chi connectivity index (χ1v) is 7.26. The van der Waals surface area contributed by atoms with Crippen LogP contribution >= 0.6 is 11.3 Å². The first kappa shape index (κ1) is 17.0. The molecular weight excluding hydrogens is 335 g/mol. The number of alkyl halides is 3. The molecule has 0 aliphatic carbocycles. The molecule has 0 aliphatic rings. The Bertz CT molecular complexity index is 658. The standard InChI is InChI=1S/C13H12F3N3O3S/c1-2-21-8-3-5-9(6-4-8)22-7-10(20)17-12-19-18-11(23-12)13(14,15)16/h3-6H,2,7H2,1H3,(H,17,19,20). The summed E-state index contributed by atoms with van der Waals surface area (Å²) in [6.45, 7) is 2.02. The molecule has 0 aliphatic heterocycles. The second-order valence-corrected chi connectivity index (χ2v) is 5.13. The fourth-order valence-electron chi connectivity index (χ4n) is 1.49. The number of nitrogens with one attached hydrogen (secondary N) is 1. The molecule has 23 heavy (non-hydrogen) atoms. The summed E-state index contributed by atoms with van der Waals surface area (Å²) < 4.78 is 47.5. The molecule has 10 heteroatoms. The number of halogens is 3. The second-order valence-electron chi connectivity index (χ2n) is 4.15. The average molecular weight is 347 g/mol. The van der Waals surface area contributed by atoms with Crippen molar-refractivity contribution in [2.24, 2.45) is 0 Å². The number of anilines is 1. The predicted octanol–water partition coefficient (Wildman–Crippen LogP) is 2.97. The van der Waals surface area contributed by atoms with E-state index in [1.807, 2.05) is 6.92 Å². The summed E-state index contributed by atoms with van der Waals surface area (Å²) in [6, 6.07) is 6.59. The van der Waals surface area contributed by atoms with E-state index in [4.69, 9.17) is 9.47 Å². The third kappa shape index (κ3) is 5.09. The van der Waals surface area contributed by atoms with Crippen LogP contribution in [0.3, 0.4) is 0 Å². The number of aromatic nitrogens is 2. The van der Waals surface area contributed by atoms with Crippen molar-refractivity contribution in [3.63, 3.8) is 0 Å². The molecule has 0 saturated carbocycles. The fraction of sp³-hybridized carbons (Fsp3) is 0.308. The van der Waals surface area contributed by atoms with Crippen molar-refractivity contribution in [2.75, 3.05) is 18.5 Å². The van der Waals surface area contributed by atoms with Crippen molar-refractivity contribution in [3.8, 4) is 11.5 Å². The summed E-state index contributed by atoms with van der Waals surface area (Å²) >= 11 is 0.246. The van der Waals surface area contributed by atoms with Crippen LogP contribution in [0.2, 0.25) is 0 Å². The van der Waals surface area contributed by atoms with Gasteiger partial charge in [-0.05, 0) is 31.2 Å². The number of ether oxygens (including phenoxy) is 2. The van der Waals surface area contributed by atoms with Gasteiger partial charge in [0, 0.05) is 0 Å². The highest BCUT2D eigenvalue weighted by Gasteiger charge is 2.35. The van der Waals surface area contributed by atoms with E-state index in [0.717, 1.165) is 0 Å². The number of amides is 1. The number of benzene rings is 1. The van der Waals surface area contributed by atoms with Crippen molar-refractivity contribution in [3.05, 3.63) is 29.3 Å². The second kappa shape index (κ2) is 7.27. The quantitative estimate of drug-likeness (QED) is 0.870. The minimum absolute atomic E-state index is 0.238. The van der Waals surface area contributed by atoms with Crippen molar-refractivity contribution in [1.82, 2.24) is 10.2 Å². The number of carbonyl (C=O) groups excluding carboxylic acids is 1. The highest BCUT2D eigenvalue weighted by Crippen LogP contribution is 2.32. The van der Waals surface area contributed by atoms with Crippen LogP contribution in [0.15, 0.2) is 24.3 Å². The third-order valence-corrected chi connectivity index (χ3v) is 3.30. The Labute approximate surface area is 133 Å². The molecule has 124 valence electrons. The van der Waals surface area contributed by atoms with E-state index in [1.54, 1.807) is 24.3 Å². The Hall–Kier alpha value is -2.36. The molecule has 0 fully saturated rings. The normalized spacial score (nSPS) is 11.1. The molecule has 1 aromatic heterocycles. The van der Waals surface area contributed by atoms with E-state index in [2.05, 4.69) is 15.5 Å². The molecular formula is C13H12F3N3O3S. The van der Waals surface area contributed by atoms with Crippen LogP contribution in [0.25, 0.3) is 0 Å². The predicted molar refractivity (Wildman–Crippen MR) is 76.6 cm³/mol. The SMILES string of the molecule is CCOc1ccc(OCC(=O)Nc2nnc(C(F)(F)F)s2)cc1. The van der Waals surface area contributed by atoms with Gasteiger partial charge >= 0.3 is 6.18 Å². The van der Waals surface area contributed by atoms with Crippen molar-refractivity contribution in [2.45, 2.75) is 13.1 Å². The lowest BCUT2D eigenvalue weighted by Gasteiger charge is -2.07. The maximum atomic E-state index is 12.4. The molecule has 0 unspecified atom stereocenters. The molecule has 0 saturated heterocycles. The molecule has 1 amide bonds. The molecule has 1 aromatic carbocycles. The molecule has 0 radical (unpaired) electrons. The minimum atomic E-state index is -4.58. The molecule has 0 spiro atoms. The summed E-state index contributed by atoms with van der Waals surface area (Å²) in [5.41, 5.74) is 0.